The van der Waals surface area contributed by atoms with Crippen LogP contribution < -0.4 is 4.72 Å². The van der Waals surface area contributed by atoms with Gasteiger partial charge in [0.1, 0.15) is 0 Å². The molecule has 0 heterocycles. The summed E-state index contributed by atoms with van der Waals surface area (Å²) in [4.78, 5) is 10.9. The van der Waals surface area contributed by atoms with Gasteiger partial charge in [0.15, 0.2) is 0 Å². The number of unbranched alkanes of at least 4 members (excludes halogenated alkanes) is 1. The summed E-state index contributed by atoms with van der Waals surface area (Å²) in [5.41, 5.74) is 0. The number of carbonyl (C=O) groups is 1. The molecule has 0 spiro atoms. The zero-order chi connectivity index (χ0) is 18.6. The Morgan fingerprint density at radius 3 is 2.56 bits per heavy atom. The molecule has 2 aliphatic rings. The molecule has 2 saturated carbocycles. The van der Waals surface area contributed by atoms with E-state index in [0.29, 0.717) is 29.1 Å². The molecule has 144 valence electrons. The zero-order valence-corrected chi connectivity index (χ0v) is 18.6. The Morgan fingerprint density at radius 2 is 1.85 bits per heavy atom. The largest absolute Gasteiger partial charge is 0.481 e. The standard InChI is InChI=1S/C20H27NO4S.Ca/c22-19(23)11-7-2-1-6-10-18-15-12-13-16(14-15)20(18)21-26(24,25)17-8-4-3-5-9-17;/h1,3-6,8-9,15-16,18,20-21H,2,7,10-14H2,(H,22,23);/b6-1-;. The third kappa shape index (κ3) is 6.04. The van der Waals surface area contributed by atoms with Crippen molar-refractivity contribution in [2.45, 2.75) is 55.9 Å². The Labute approximate surface area is 191 Å². The summed E-state index contributed by atoms with van der Waals surface area (Å²) in [6, 6.07) is 8.57. The van der Waals surface area contributed by atoms with Crippen molar-refractivity contribution in [2.24, 2.45) is 17.8 Å². The number of nitrogens with one attached hydrogen (secondary N) is 1. The molecule has 1 aromatic rings. The predicted molar refractivity (Wildman–Crippen MR) is 106 cm³/mol. The predicted octanol–water partition coefficient (Wildman–Crippen LogP) is 3.20. The zero-order valence-electron chi connectivity index (χ0n) is 15.6. The van der Waals surface area contributed by atoms with Crippen molar-refractivity contribution in [3.05, 3.63) is 42.5 Å². The normalized spacial score (nSPS) is 27.0. The number of sulfonamides is 1. The maximum atomic E-state index is 12.7. The third-order valence-electron chi connectivity index (χ3n) is 5.77. The molecule has 2 bridgehead atoms. The van der Waals surface area contributed by atoms with Crippen LogP contribution in [-0.4, -0.2) is 63.3 Å². The number of rotatable bonds is 9. The fourth-order valence-corrected chi connectivity index (χ4v) is 5.90. The molecule has 4 unspecified atom stereocenters. The van der Waals surface area contributed by atoms with E-state index in [9.17, 15) is 13.2 Å². The van der Waals surface area contributed by atoms with Gasteiger partial charge >= 0.3 is 5.97 Å². The van der Waals surface area contributed by atoms with Crippen LogP contribution in [0.2, 0.25) is 0 Å². The topological polar surface area (TPSA) is 83.5 Å². The molecule has 27 heavy (non-hydrogen) atoms. The Kier molecular flexibility index (Phi) is 8.81. The van der Waals surface area contributed by atoms with E-state index < -0.39 is 16.0 Å². The van der Waals surface area contributed by atoms with E-state index in [1.807, 2.05) is 12.1 Å². The second-order valence-corrected chi connectivity index (χ2v) is 9.16. The second kappa shape index (κ2) is 10.4. The average molecular weight is 418 g/mol. The van der Waals surface area contributed by atoms with Gasteiger partial charge in [-0.15, -0.1) is 0 Å². The van der Waals surface area contributed by atoms with Crippen LogP contribution in [0.5, 0.6) is 0 Å². The van der Waals surface area contributed by atoms with Gasteiger partial charge in [-0.05, 0) is 68.4 Å². The first-order valence-electron chi connectivity index (χ1n) is 9.41. The molecule has 0 amide bonds. The summed E-state index contributed by atoms with van der Waals surface area (Å²) in [5.74, 6) is 0.598. The summed E-state index contributed by atoms with van der Waals surface area (Å²) >= 11 is 0. The molecule has 2 fully saturated rings. The minimum Gasteiger partial charge on any atom is -0.481 e. The summed E-state index contributed by atoms with van der Waals surface area (Å²) < 4.78 is 28.4. The van der Waals surface area contributed by atoms with Crippen molar-refractivity contribution in [1.82, 2.24) is 4.72 Å². The van der Waals surface area contributed by atoms with Crippen LogP contribution in [0.3, 0.4) is 0 Å². The summed E-state index contributed by atoms with van der Waals surface area (Å²) in [5, 5.41) is 8.66. The SMILES string of the molecule is O=C(O)CCC/C=C\CC1C2CCC(C2)C1NS(=O)(=O)c1ccccc1.[Ca]. The van der Waals surface area contributed by atoms with Gasteiger partial charge in [-0.1, -0.05) is 30.4 Å². The smallest absolute Gasteiger partial charge is 0.303 e. The fraction of sp³-hybridized carbons (Fsp3) is 0.550. The van der Waals surface area contributed by atoms with E-state index in [-0.39, 0.29) is 50.2 Å². The number of aliphatic carboxylic acids is 1. The third-order valence-corrected chi connectivity index (χ3v) is 7.24. The number of carboxylic acids is 1. The molecular formula is C20H27CaNO4S. The second-order valence-electron chi connectivity index (χ2n) is 7.45. The molecule has 2 aliphatic carbocycles. The Hall–Kier alpha value is -0.400. The van der Waals surface area contributed by atoms with Crippen LogP contribution in [0, 0.1) is 17.8 Å². The fourth-order valence-electron chi connectivity index (χ4n) is 4.52. The minimum absolute atomic E-state index is 0. The molecule has 1 aromatic carbocycles. The van der Waals surface area contributed by atoms with Crippen molar-refractivity contribution < 1.29 is 18.3 Å². The van der Waals surface area contributed by atoms with Gasteiger partial charge in [0.25, 0.3) is 0 Å². The van der Waals surface area contributed by atoms with Crippen molar-refractivity contribution in [1.29, 1.82) is 0 Å². The number of allylic oxidation sites excluding steroid dienone is 2. The van der Waals surface area contributed by atoms with Gasteiger partial charge in [-0.25, -0.2) is 13.1 Å². The molecule has 7 heteroatoms. The molecular weight excluding hydrogens is 390 g/mol. The maximum absolute atomic E-state index is 12.7. The summed E-state index contributed by atoms with van der Waals surface area (Å²) in [7, 11) is -3.49. The van der Waals surface area contributed by atoms with E-state index in [1.165, 1.54) is 6.42 Å². The van der Waals surface area contributed by atoms with Crippen LogP contribution in [0.15, 0.2) is 47.4 Å². The van der Waals surface area contributed by atoms with Gasteiger partial charge in [-0.3, -0.25) is 4.79 Å². The Morgan fingerprint density at radius 1 is 1.15 bits per heavy atom. The Balaban J connectivity index is 0.00000261. The van der Waals surface area contributed by atoms with Gasteiger partial charge in [-0.2, -0.15) is 0 Å². The first-order chi connectivity index (χ1) is 12.5. The molecule has 0 aliphatic heterocycles. The summed E-state index contributed by atoms with van der Waals surface area (Å²) in [6.45, 7) is 0. The number of hydrogen-bond acceptors (Lipinski definition) is 3. The van der Waals surface area contributed by atoms with E-state index >= 15 is 0 Å². The van der Waals surface area contributed by atoms with Crippen LogP contribution in [-0.2, 0) is 14.8 Å². The number of carboxylic acid groups (broad SMARTS) is 1. The first kappa shape index (κ1) is 22.9. The van der Waals surface area contributed by atoms with Crippen molar-refractivity contribution >= 4 is 53.7 Å². The van der Waals surface area contributed by atoms with Gasteiger partial charge in [0.2, 0.25) is 10.0 Å². The minimum atomic E-state index is -3.49. The molecule has 2 radical (unpaired) electrons. The van der Waals surface area contributed by atoms with E-state index in [4.69, 9.17) is 5.11 Å². The maximum Gasteiger partial charge on any atom is 0.303 e. The molecule has 0 saturated heterocycles. The van der Waals surface area contributed by atoms with E-state index in [0.717, 1.165) is 25.7 Å². The quantitative estimate of drug-likeness (QED) is 0.367. The average Bonchev–Trinajstić information content (AvgIpc) is 3.20. The molecule has 0 aromatic heterocycles. The van der Waals surface area contributed by atoms with Gasteiger partial charge in [0.05, 0.1) is 4.90 Å². The number of fused-ring (bicyclic) bond motifs is 2. The first-order valence-corrected chi connectivity index (χ1v) is 10.9. The van der Waals surface area contributed by atoms with E-state index in [2.05, 4.69) is 10.8 Å². The van der Waals surface area contributed by atoms with Crippen LogP contribution in [0.25, 0.3) is 0 Å². The van der Waals surface area contributed by atoms with Crippen molar-refractivity contribution in [2.75, 3.05) is 0 Å². The molecule has 2 N–H and O–H groups in total. The number of benzene rings is 1. The molecule has 4 atom stereocenters. The monoisotopic (exact) mass is 417 g/mol. The van der Waals surface area contributed by atoms with Crippen LogP contribution in [0.1, 0.15) is 44.9 Å². The summed E-state index contributed by atoms with van der Waals surface area (Å²) in [6.07, 6.45) is 10.00. The molecule has 3 rings (SSSR count). The van der Waals surface area contributed by atoms with Gasteiger partial charge < -0.3 is 5.11 Å². The van der Waals surface area contributed by atoms with Crippen LogP contribution in [0.4, 0.5) is 0 Å². The van der Waals surface area contributed by atoms with Gasteiger partial charge in [0, 0.05) is 50.2 Å². The molecule has 5 nitrogen and oxygen atoms in total. The van der Waals surface area contributed by atoms with Crippen LogP contribution >= 0.6 is 0 Å². The van der Waals surface area contributed by atoms with Crippen molar-refractivity contribution in [3.63, 3.8) is 0 Å². The van der Waals surface area contributed by atoms with Crippen molar-refractivity contribution in [3.8, 4) is 0 Å². The number of hydrogen-bond donors (Lipinski definition) is 2. The van der Waals surface area contributed by atoms with E-state index in [1.54, 1.807) is 24.3 Å². The Bertz CT molecular complexity index is 751.